The maximum absolute atomic E-state index is 12.8. The Hall–Kier alpha value is -1.31. The molecular weight excluding hydrogens is 292 g/mol. The fraction of sp³-hybridized carbons (Fsp3) is 0.571. The minimum absolute atomic E-state index is 0.0180. The fourth-order valence-electron chi connectivity index (χ4n) is 2.72. The summed E-state index contributed by atoms with van der Waals surface area (Å²) in [6, 6.07) is 3.09. The summed E-state index contributed by atoms with van der Waals surface area (Å²) in [5, 5.41) is 0. The third kappa shape index (κ3) is 2.86. The van der Waals surface area contributed by atoms with Gasteiger partial charge in [-0.15, -0.1) is 0 Å². The Labute approximate surface area is 125 Å². The van der Waals surface area contributed by atoms with Crippen molar-refractivity contribution in [3.63, 3.8) is 0 Å². The Kier molecular flexibility index (Phi) is 4.75. The molecule has 1 aromatic rings. The molecule has 1 atom stereocenters. The molecule has 7 heteroatoms. The predicted octanol–water partition coefficient (Wildman–Crippen LogP) is 1.34. The van der Waals surface area contributed by atoms with Crippen LogP contribution in [0.25, 0.3) is 0 Å². The lowest BCUT2D eigenvalue weighted by Gasteiger charge is -2.22. The molecule has 1 heterocycles. The van der Waals surface area contributed by atoms with Gasteiger partial charge in [0.1, 0.15) is 0 Å². The van der Waals surface area contributed by atoms with Crippen LogP contribution in [-0.2, 0) is 16.6 Å². The van der Waals surface area contributed by atoms with Gasteiger partial charge in [0, 0.05) is 30.8 Å². The lowest BCUT2D eigenvalue weighted by Crippen LogP contribution is -2.33. The van der Waals surface area contributed by atoms with E-state index in [1.165, 1.54) is 24.6 Å². The van der Waals surface area contributed by atoms with Crippen molar-refractivity contribution in [2.45, 2.75) is 37.2 Å². The van der Waals surface area contributed by atoms with E-state index in [-0.39, 0.29) is 17.5 Å². The minimum atomic E-state index is -3.54. The van der Waals surface area contributed by atoms with Gasteiger partial charge in [0.05, 0.1) is 19.1 Å². The van der Waals surface area contributed by atoms with Crippen molar-refractivity contribution >= 4 is 10.0 Å². The van der Waals surface area contributed by atoms with Crippen LogP contribution in [-0.4, -0.2) is 39.5 Å². The molecule has 0 aliphatic carbocycles. The normalized spacial score (nSPS) is 19.7. The Morgan fingerprint density at radius 1 is 1.33 bits per heavy atom. The monoisotopic (exact) mass is 314 g/mol. The van der Waals surface area contributed by atoms with Gasteiger partial charge in [0.2, 0.25) is 10.0 Å². The average Bonchev–Trinajstić information content (AvgIpc) is 2.92. The van der Waals surface area contributed by atoms with Gasteiger partial charge in [-0.25, -0.2) is 8.42 Å². The standard InChI is InChI=1S/C14H22N2O4S/c1-10-5-4-6-16(10)21(17,18)12-7-11(9-15)14(20-3)13(8-12)19-2/h7-8,10H,4-6,9,15H2,1-3H3. The number of benzene rings is 1. The number of nitrogens with zero attached hydrogens (tertiary/aromatic N) is 1. The van der Waals surface area contributed by atoms with E-state index in [2.05, 4.69) is 0 Å². The van der Waals surface area contributed by atoms with E-state index in [1.54, 1.807) is 6.07 Å². The maximum Gasteiger partial charge on any atom is 0.243 e. The molecule has 21 heavy (non-hydrogen) atoms. The molecule has 0 bridgehead atoms. The van der Waals surface area contributed by atoms with Crippen LogP contribution in [0.15, 0.2) is 17.0 Å². The van der Waals surface area contributed by atoms with Gasteiger partial charge in [0.15, 0.2) is 11.5 Å². The molecular formula is C14H22N2O4S. The summed E-state index contributed by atoms with van der Waals surface area (Å²) < 4.78 is 37.6. The summed E-state index contributed by atoms with van der Waals surface area (Å²) in [6.07, 6.45) is 1.77. The molecule has 0 aromatic heterocycles. The van der Waals surface area contributed by atoms with Crippen molar-refractivity contribution in [2.75, 3.05) is 20.8 Å². The number of nitrogens with two attached hydrogens (primary N) is 1. The molecule has 0 radical (unpaired) electrons. The Balaban J connectivity index is 2.53. The van der Waals surface area contributed by atoms with E-state index in [0.717, 1.165) is 12.8 Å². The lowest BCUT2D eigenvalue weighted by atomic mass is 10.2. The smallest absolute Gasteiger partial charge is 0.243 e. The lowest BCUT2D eigenvalue weighted by molar-refractivity contribution is 0.350. The van der Waals surface area contributed by atoms with Gasteiger partial charge in [-0.05, 0) is 25.8 Å². The fourth-order valence-corrected chi connectivity index (χ4v) is 4.48. The molecule has 2 N–H and O–H groups in total. The largest absolute Gasteiger partial charge is 0.493 e. The molecule has 1 unspecified atom stereocenters. The Morgan fingerprint density at radius 3 is 2.52 bits per heavy atom. The summed E-state index contributed by atoms with van der Waals surface area (Å²) in [6.45, 7) is 2.66. The minimum Gasteiger partial charge on any atom is -0.493 e. The van der Waals surface area contributed by atoms with Crippen molar-refractivity contribution in [1.82, 2.24) is 4.31 Å². The first kappa shape index (κ1) is 16.1. The third-order valence-corrected chi connectivity index (χ3v) is 5.84. The van der Waals surface area contributed by atoms with E-state index in [1.807, 2.05) is 6.92 Å². The van der Waals surface area contributed by atoms with Gasteiger partial charge < -0.3 is 15.2 Å². The second kappa shape index (κ2) is 6.21. The highest BCUT2D eigenvalue weighted by atomic mass is 32.2. The second-order valence-electron chi connectivity index (χ2n) is 5.13. The molecule has 1 saturated heterocycles. The van der Waals surface area contributed by atoms with Gasteiger partial charge in [0.25, 0.3) is 0 Å². The highest BCUT2D eigenvalue weighted by molar-refractivity contribution is 7.89. The molecule has 1 aromatic carbocycles. The number of hydrogen-bond acceptors (Lipinski definition) is 5. The quantitative estimate of drug-likeness (QED) is 0.887. The summed E-state index contributed by atoms with van der Waals surface area (Å²) in [4.78, 5) is 0.203. The van der Waals surface area contributed by atoms with Crippen molar-refractivity contribution in [3.05, 3.63) is 17.7 Å². The summed E-state index contributed by atoms with van der Waals surface area (Å²) in [7, 11) is -0.549. The van der Waals surface area contributed by atoms with E-state index in [0.29, 0.717) is 23.6 Å². The molecule has 1 aliphatic rings. The van der Waals surface area contributed by atoms with Gasteiger partial charge in [-0.1, -0.05) is 0 Å². The topological polar surface area (TPSA) is 81.9 Å². The van der Waals surface area contributed by atoms with Crippen LogP contribution < -0.4 is 15.2 Å². The SMILES string of the molecule is COc1cc(S(=O)(=O)N2CCCC2C)cc(CN)c1OC. The maximum atomic E-state index is 12.8. The van der Waals surface area contributed by atoms with E-state index in [4.69, 9.17) is 15.2 Å². The van der Waals surface area contributed by atoms with Crippen LogP contribution in [0.4, 0.5) is 0 Å². The molecule has 0 amide bonds. The van der Waals surface area contributed by atoms with E-state index >= 15 is 0 Å². The Bertz CT molecular complexity index is 590. The van der Waals surface area contributed by atoms with Crippen molar-refractivity contribution in [3.8, 4) is 11.5 Å². The van der Waals surface area contributed by atoms with Crippen LogP contribution in [0.3, 0.4) is 0 Å². The van der Waals surface area contributed by atoms with Crippen LogP contribution in [0, 0.1) is 0 Å². The number of sulfonamides is 1. The van der Waals surface area contributed by atoms with Gasteiger partial charge in [-0.2, -0.15) is 4.31 Å². The second-order valence-corrected chi connectivity index (χ2v) is 7.02. The summed E-state index contributed by atoms with van der Waals surface area (Å²) >= 11 is 0. The molecule has 1 aliphatic heterocycles. The molecule has 118 valence electrons. The third-order valence-electron chi connectivity index (χ3n) is 3.85. The average molecular weight is 314 g/mol. The number of methoxy groups -OCH3 is 2. The summed E-state index contributed by atoms with van der Waals surface area (Å²) in [5.41, 5.74) is 6.31. The zero-order chi connectivity index (χ0) is 15.6. The molecule has 0 saturated carbocycles. The van der Waals surface area contributed by atoms with Crippen molar-refractivity contribution in [1.29, 1.82) is 0 Å². The zero-order valence-electron chi connectivity index (χ0n) is 12.6. The number of rotatable bonds is 5. The highest BCUT2D eigenvalue weighted by Crippen LogP contribution is 2.36. The van der Waals surface area contributed by atoms with Crippen molar-refractivity contribution < 1.29 is 17.9 Å². The molecule has 0 spiro atoms. The van der Waals surface area contributed by atoms with Gasteiger partial charge >= 0.3 is 0 Å². The predicted molar refractivity (Wildman–Crippen MR) is 80.0 cm³/mol. The van der Waals surface area contributed by atoms with Crippen LogP contribution in [0.1, 0.15) is 25.3 Å². The summed E-state index contributed by atoms with van der Waals surface area (Å²) in [5.74, 6) is 0.860. The highest BCUT2D eigenvalue weighted by Gasteiger charge is 2.33. The van der Waals surface area contributed by atoms with Crippen molar-refractivity contribution in [2.24, 2.45) is 5.73 Å². The van der Waals surface area contributed by atoms with Crippen LogP contribution in [0.5, 0.6) is 11.5 Å². The van der Waals surface area contributed by atoms with Gasteiger partial charge in [-0.3, -0.25) is 0 Å². The van der Waals surface area contributed by atoms with Crippen LogP contribution in [0.2, 0.25) is 0 Å². The Morgan fingerprint density at radius 2 is 2.05 bits per heavy atom. The number of ether oxygens (including phenoxy) is 2. The first-order chi connectivity index (χ1) is 9.95. The molecule has 2 rings (SSSR count). The van der Waals surface area contributed by atoms with Crippen LogP contribution >= 0.6 is 0 Å². The van der Waals surface area contributed by atoms with E-state index in [9.17, 15) is 8.42 Å². The van der Waals surface area contributed by atoms with E-state index < -0.39 is 10.0 Å². The number of hydrogen-bond donors (Lipinski definition) is 1. The molecule has 1 fully saturated rings. The zero-order valence-corrected chi connectivity index (χ0v) is 13.4. The first-order valence-electron chi connectivity index (χ1n) is 6.92. The molecule has 6 nitrogen and oxygen atoms in total. The first-order valence-corrected chi connectivity index (χ1v) is 8.36.